The topological polar surface area (TPSA) is 122 Å². The minimum Gasteiger partial charge on any atom is -0.493 e. The fourth-order valence-corrected chi connectivity index (χ4v) is 5.32. The molecule has 1 aromatic carbocycles. The highest BCUT2D eigenvalue weighted by Gasteiger charge is 2.23. The summed E-state index contributed by atoms with van der Waals surface area (Å²) >= 11 is 0. The van der Waals surface area contributed by atoms with Crippen LogP contribution in [0.25, 0.3) is 22.4 Å². The lowest BCUT2D eigenvalue weighted by molar-refractivity contribution is 0.297. The van der Waals surface area contributed by atoms with Crippen molar-refractivity contribution in [3.05, 3.63) is 34.2 Å². The SMILES string of the molecule is [2H]C([2H])([2H])CCc1nn(C)c2c(=O)[nH]c(-c3cc(S(=O)(=O)NC([2H])([2H])CC4CCCN4C)ccc3OCCC)nc12. The number of ether oxygens (including phenoxy) is 1. The second-order valence-electron chi connectivity index (χ2n) is 8.95. The summed E-state index contributed by atoms with van der Waals surface area (Å²) in [6, 6.07) is 3.97. The van der Waals surface area contributed by atoms with Gasteiger partial charge >= 0.3 is 0 Å². The number of rotatable bonds is 11. The highest BCUT2D eigenvalue weighted by Crippen LogP contribution is 2.31. The molecule has 0 saturated carbocycles. The van der Waals surface area contributed by atoms with Crippen LogP contribution >= 0.6 is 0 Å². The Balaban J connectivity index is 1.75. The number of nitrogens with one attached hydrogen (secondary N) is 2. The Bertz CT molecular complexity index is 1570. The average Bonchev–Trinajstić information content (AvgIpc) is 3.41. The fraction of sp³-hybridized carbons (Fsp3) is 0.560. The molecule has 11 heteroatoms. The van der Waals surface area contributed by atoms with Gasteiger partial charge in [0.15, 0.2) is 5.52 Å². The zero-order chi connectivity index (χ0) is 30.2. The van der Waals surface area contributed by atoms with Crippen LogP contribution < -0.4 is 15.0 Å². The molecule has 1 aliphatic heterocycles. The van der Waals surface area contributed by atoms with E-state index in [4.69, 9.17) is 11.6 Å². The number of aromatic nitrogens is 4. The van der Waals surface area contributed by atoms with E-state index in [1.807, 2.05) is 18.9 Å². The summed E-state index contributed by atoms with van der Waals surface area (Å²) in [5.74, 6) is 0.293. The van der Waals surface area contributed by atoms with E-state index < -0.39 is 28.9 Å². The summed E-state index contributed by atoms with van der Waals surface area (Å²) in [5, 5.41) is 4.31. The summed E-state index contributed by atoms with van der Waals surface area (Å²) in [6.07, 6.45) is 2.28. The molecule has 1 unspecified atom stereocenters. The Morgan fingerprint density at radius 2 is 2.17 bits per heavy atom. The van der Waals surface area contributed by atoms with Gasteiger partial charge in [-0.25, -0.2) is 18.1 Å². The third-order valence-corrected chi connectivity index (χ3v) is 7.61. The molecule has 10 nitrogen and oxygen atoms in total. The molecule has 196 valence electrons. The highest BCUT2D eigenvalue weighted by molar-refractivity contribution is 7.89. The van der Waals surface area contributed by atoms with Crippen LogP contribution in [0.2, 0.25) is 0 Å². The van der Waals surface area contributed by atoms with Crippen molar-refractivity contribution in [2.45, 2.75) is 63.2 Å². The number of hydrogen-bond donors (Lipinski definition) is 2. The maximum Gasteiger partial charge on any atom is 0.277 e. The van der Waals surface area contributed by atoms with Crippen molar-refractivity contribution in [1.82, 2.24) is 29.4 Å². The zero-order valence-corrected chi connectivity index (χ0v) is 21.6. The van der Waals surface area contributed by atoms with Crippen LogP contribution in [-0.4, -0.2) is 65.8 Å². The van der Waals surface area contributed by atoms with Crippen LogP contribution in [-0.2, 0) is 23.5 Å². The Labute approximate surface area is 219 Å². The van der Waals surface area contributed by atoms with Gasteiger partial charge in [-0.2, -0.15) is 5.10 Å². The molecule has 2 N–H and O–H groups in total. The second kappa shape index (κ2) is 11.1. The lowest BCUT2D eigenvalue weighted by Crippen LogP contribution is -2.31. The lowest BCUT2D eigenvalue weighted by Gasteiger charge is -2.19. The van der Waals surface area contributed by atoms with E-state index in [0.717, 1.165) is 19.4 Å². The van der Waals surface area contributed by atoms with Crippen LogP contribution in [0.3, 0.4) is 0 Å². The number of likely N-dealkylation sites (tertiary alicyclic amines) is 1. The number of H-pyrrole nitrogens is 1. The molecule has 0 bridgehead atoms. The molecule has 3 aromatic rings. The molecule has 2 aromatic heterocycles. The van der Waals surface area contributed by atoms with E-state index in [1.54, 1.807) is 7.05 Å². The van der Waals surface area contributed by atoms with E-state index in [0.29, 0.717) is 18.7 Å². The molecular weight excluding hydrogens is 480 g/mol. The van der Waals surface area contributed by atoms with Crippen molar-refractivity contribution >= 4 is 21.1 Å². The molecule has 1 aliphatic rings. The summed E-state index contributed by atoms with van der Waals surface area (Å²) < 4.78 is 75.4. The third kappa shape index (κ3) is 5.47. The lowest BCUT2D eigenvalue weighted by atomic mass is 10.1. The average molecular weight is 522 g/mol. The molecule has 1 saturated heterocycles. The first kappa shape index (κ1) is 20.3. The highest BCUT2D eigenvalue weighted by atomic mass is 32.2. The maximum absolute atomic E-state index is 13.4. The molecule has 36 heavy (non-hydrogen) atoms. The summed E-state index contributed by atoms with van der Waals surface area (Å²) in [6.45, 7) is -1.33. The molecular formula is C25H36N6O4S. The summed E-state index contributed by atoms with van der Waals surface area (Å²) in [5.41, 5.74) is 0.339. The molecule has 0 spiro atoms. The van der Waals surface area contributed by atoms with E-state index in [9.17, 15) is 13.2 Å². The van der Waals surface area contributed by atoms with Crippen molar-refractivity contribution < 1.29 is 20.0 Å². The van der Waals surface area contributed by atoms with Gasteiger partial charge in [-0.3, -0.25) is 9.48 Å². The molecule has 1 atom stereocenters. The van der Waals surface area contributed by atoms with Gasteiger partial charge < -0.3 is 14.6 Å². The van der Waals surface area contributed by atoms with E-state index in [2.05, 4.69) is 19.8 Å². The third-order valence-electron chi connectivity index (χ3n) is 6.32. The number of nitrogens with zero attached hydrogens (tertiary/aromatic N) is 4. The monoisotopic (exact) mass is 521 g/mol. The van der Waals surface area contributed by atoms with Crippen LogP contribution in [0, 0.1) is 0 Å². The normalized spacial score (nSPS) is 19.5. The van der Waals surface area contributed by atoms with Gasteiger partial charge in [0.2, 0.25) is 10.0 Å². The van der Waals surface area contributed by atoms with Crippen LogP contribution in [0.5, 0.6) is 5.75 Å². The van der Waals surface area contributed by atoms with Crippen molar-refractivity contribution in [3.63, 3.8) is 0 Å². The van der Waals surface area contributed by atoms with Crippen molar-refractivity contribution in [3.8, 4) is 17.1 Å². The maximum atomic E-state index is 13.4. The number of benzene rings is 1. The van der Waals surface area contributed by atoms with Gasteiger partial charge in [0.25, 0.3) is 5.56 Å². The quantitative estimate of drug-likeness (QED) is 0.398. The van der Waals surface area contributed by atoms with E-state index >= 15 is 0 Å². The first-order valence-corrected chi connectivity index (χ1v) is 13.6. The Kier molecular flexibility index (Phi) is 6.26. The zero-order valence-electron chi connectivity index (χ0n) is 25.8. The Hall–Kier alpha value is -2.76. The number of hydrogen-bond acceptors (Lipinski definition) is 7. The van der Waals surface area contributed by atoms with Gasteiger partial charge in [-0.05, 0) is 63.9 Å². The molecule has 0 radical (unpaired) electrons. The number of sulfonamides is 1. The number of aryl methyl sites for hydroxylation is 2. The van der Waals surface area contributed by atoms with Gasteiger partial charge in [0.1, 0.15) is 17.1 Å². The molecule has 4 rings (SSSR count). The summed E-state index contributed by atoms with van der Waals surface area (Å²) in [4.78, 5) is 22.1. The smallest absolute Gasteiger partial charge is 0.277 e. The van der Waals surface area contributed by atoms with E-state index in [1.165, 1.54) is 22.9 Å². The minimum absolute atomic E-state index is 0.00114. The van der Waals surface area contributed by atoms with Crippen LogP contribution in [0.15, 0.2) is 27.9 Å². The summed E-state index contributed by atoms with van der Waals surface area (Å²) in [7, 11) is -0.871. The van der Waals surface area contributed by atoms with Gasteiger partial charge in [-0.1, -0.05) is 20.2 Å². The molecule has 0 aliphatic carbocycles. The Morgan fingerprint density at radius 1 is 1.33 bits per heavy atom. The standard InChI is InChI=1S/C25H36N6O4S/c1-5-8-20-22-23(31(4)29-20)25(32)28-24(27-22)19-16-18(10-11-21(19)35-15-6-2)36(33,34)26-13-12-17-9-7-14-30(17)3/h10-11,16-17,26H,5-9,12-15H2,1-4H3,(H,27,28,32)/i1D3,13D2. The van der Waals surface area contributed by atoms with Crippen molar-refractivity contribution in [2.24, 2.45) is 7.05 Å². The predicted octanol–water partition coefficient (Wildman–Crippen LogP) is 2.83. The largest absolute Gasteiger partial charge is 0.493 e. The van der Waals surface area contributed by atoms with Gasteiger partial charge in [0, 0.05) is 26.4 Å². The predicted molar refractivity (Wildman–Crippen MR) is 140 cm³/mol. The van der Waals surface area contributed by atoms with Gasteiger partial charge in [-0.15, -0.1) is 0 Å². The fourth-order valence-electron chi connectivity index (χ4n) is 4.41. The number of aromatic amines is 1. The van der Waals surface area contributed by atoms with Crippen molar-refractivity contribution in [1.29, 1.82) is 0 Å². The molecule has 1 fully saturated rings. The van der Waals surface area contributed by atoms with Crippen LogP contribution in [0.1, 0.15) is 58.4 Å². The second-order valence-corrected chi connectivity index (χ2v) is 10.6. The van der Waals surface area contributed by atoms with E-state index in [-0.39, 0.29) is 58.4 Å². The molecule has 0 amide bonds. The first-order valence-electron chi connectivity index (χ1n) is 14.6. The Morgan fingerprint density at radius 3 is 2.89 bits per heavy atom. The minimum atomic E-state index is -4.32. The first-order chi connectivity index (χ1) is 19.1. The van der Waals surface area contributed by atoms with Crippen molar-refractivity contribution in [2.75, 3.05) is 26.7 Å². The molecule has 3 heterocycles. The number of fused-ring (bicyclic) bond motifs is 1. The van der Waals surface area contributed by atoms with Gasteiger partial charge in [0.05, 0.1) is 22.8 Å². The van der Waals surface area contributed by atoms with Crippen LogP contribution in [0.4, 0.5) is 0 Å².